The first kappa shape index (κ1) is 16.4. The topological polar surface area (TPSA) is 71.3 Å². The third kappa shape index (κ3) is 3.74. The van der Waals surface area contributed by atoms with E-state index in [1.165, 1.54) is 19.3 Å². The first-order valence-corrected chi connectivity index (χ1v) is 8.88. The van der Waals surface area contributed by atoms with Crippen molar-refractivity contribution < 1.29 is 9.32 Å². The lowest BCUT2D eigenvalue weighted by atomic mass is 9.88. The molecule has 1 N–H and O–H groups in total. The van der Waals surface area contributed by atoms with Crippen molar-refractivity contribution in [1.82, 2.24) is 20.4 Å². The molecular weight excluding hydrogens is 292 g/mol. The number of likely N-dealkylation sites (N-methyl/N-ethyl adjacent to an activating group) is 1. The van der Waals surface area contributed by atoms with Gasteiger partial charge in [0.25, 0.3) is 0 Å². The summed E-state index contributed by atoms with van der Waals surface area (Å²) >= 11 is 0. The van der Waals surface area contributed by atoms with E-state index in [-0.39, 0.29) is 29.8 Å². The molecule has 1 amide bonds. The van der Waals surface area contributed by atoms with Crippen LogP contribution in [0.5, 0.6) is 0 Å². The van der Waals surface area contributed by atoms with Gasteiger partial charge >= 0.3 is 0 Å². The second-order valence-corrected chi connectivity index (χ2v) is 7.38. The number of nitrogens with one attached hydrogen (secondary N) is 1. The van der Waals surface area contributed by atoms with Crippen LogP contribution in [0.2, 0.25) is 0 Å². The van der Waals surface area contributed by atoms with Gasteiger partial charge in [-0.2, -0.15) is 4.98 Å². The van der Waals surface area contributed by atoms with Crippen LogP contribution in [-0.2, 0) is 4.79 Å². The zero-order chi connectivity index (χ0) is 16.4. The van der Waals surface area contributed by atoms with E-state index in [1.807, 2.05) is 0 Å². The zero-order valence-electron chi connectivity index (χ0n) is 14.4. The highest BCUT2D eigenvalue weighted by Crippen LogP contribution is 2.31. The van der Waals surface area contributed by atoms with Crippen molar-refractivity contribution in [3.63, 3.8) is 0 Å². The standard InChI is InChI=1S/C17H28N4O2/c1-11(2)15-19-17(23-20-15)14-9-13(10-21(14)3)18-16(22)12-7-5-4-6-8-12/h11-14H,4-10H2,1-3H3,(H,18,22)/t13-,14-/m0/s1. The van der Waals surface area contributed by atoms with Gasteiger partial charge in [0, 0.05) is 24.4 Å². The van der Waals surface area contributed by atoms with Crippen LogP contribution in [0.4, 0.5) is 0 Å². The van der Waals surface area contributed by atoms with Crippen molar-refractivity contribution in [1.29, 1.82) is 0 Å². The summed E-state index contributed by atoms with van der Waals surface area (Å²) in [6.45, 7) is 4.95. The Morgan fingerprint density at radius 2 is 2.04 bits per heavy atom. The molecule has 2 fully saturated rings. The number of nitrogens with zero attached hydrogens (tertiary/aromatic N) is 3. The van der Waals surface area contributed by atoms with Crippen LogP contribution in [-0.4, -0.2) is 40.6 Å². The maximum absolute atomic E-state index is 12.4. The first-order valence-electron chi connectivity index (χ1n) is 8.88. The van der Waals surface area contributed by atoms with Gasteiger partial charge in [0.1, 0.15) is 0 Å². The number of hydrogen-bond donors (Lipinski definition) is 1. The molecule has 1 aromatic rings. The average Bonchev–Trinajstić information content (AvgIpc) is 3.15. The van der Waals surface area contributed by atoms with Crippen molar-refractivity contribution in [2.24, 2.45) is 5.92 Å². The Bertz CT molecular complexity index is 536. The molecule has 0 spiro atoms. The largest absolute Gasteiger partial charge is 0.352 e. The average molecular weight is 320 g/mol. The highest BCUT2D eigenvalue weighted by atomic mass is 16.5. The number of rotatable bonds is 4. The molecule has 128 valence electrons. The first-order chi connectivity index (χ1) is 11.0. The van der Waals surface area contributed by atoms with Gasteiger partial charge in [-0.1, -0.05) is 38.3 Å². The summed E-state index contributed by atoms with van der Waals surface area (Å²) in [5.74, 6) is 2.14. The second-order valence-electron chi connectivity index (χ2n) is 7.38. The molecule has 1 aromatic heterocycles. The summed E-state index contributed by atoms with van der Waals surface area (Å²) in [6.07, 6.45) is 6.57. The maximum Gasteiger partial charge on any atom is 0.244 e. The SMILES string of the molecule is CC(C)c1noc([C@@H]2C[C@H](NC(=O)C3CCCCC3)CN2C)n1. The predicted octanol–water partition coefficient (Wildman–Crippen LogP) is 2.63. The third-order valence-electron chi connectivity index (χ3n) is 5.13. The van der Waals surface area contributed by atoms with Gasteiger partial charge in [0.15, 0.2) is 5.82 Å². The molecule has 2 aliphatic rings. The molecule has 23 heavy (non-hydrogen) atoms. The molecule has 1 saturated heterocycles. The van der Waals surface area contributed by atoms with Gasteiger partial charge in [0.2, 0.25) is 11.8 Å². The number of amides is 1. The van der Waals surface area contributed by atoms with Crippen molar-refractivity contribution in [2.75, 3.05) is 13.6 Å². The highest BCUT2D eigenvalue weighted by Gasteiger charge is 2.36. The van der Waals surface area contributed by atoms with Crippen LogP contribution in [0.1, 0.15) is 76.0 Å². The molecule has 1 saturated carbocycles. The van der Waals surface area contributed by atoms with E-state index in [0.29, 0.717) is 5.89 Å². The monoisotopic (exact) mass is 320 g/mol. The Morgan fingerprint density at radius 3 is 2.70 bits per heavy atom. The maximum atomic E-state index is 12.4. The molecule has 3 rings (SSSR count). The minimum absolute atomic E-state index is 0.103. The molecule has 0 bridgehead atoms. The van der Waals surface area contributed by atoms with Crippen molar-refractivity contribution in [3.05, 3.63) is 11.7 Å². The fraction of sp³-hybridized carbons (Fsp3) is 0.824. The molecule has 0 radical (unpaired) electrons. The number of carbonyl (C=O) groups excluding carboxylic acids is 1. The lowest BCUT2D eigenvalue weighted by Crippen LogP contribution is -2.40. The Hall–Kier alpha value is -1.43. The number of carbonyl (C=O) groups is 1. The normalized spacial score (nSPS) is 26.8. The molecule has 0 aromatic carbocycles. The van der Waals surface area contributed by atoms with E-state index < -0.39 is 0 Å². The summed E-state index contributed by atoms with van der Waals surface area (Å²) in [5, 5.41) is 7.29. The molecule has 6 heteroatoms. The zero-order valence-corrected chi connectivity index (χ0v) is 14.4. The van der Waals surface area contributed by atoms with E-state index >= 15 is 0 Å². The van der Waals surface area contributed by atoms with Gasteiger partial charge in [-0.05, 0) is 26.3 Å². The third-order valence-corrected chi connectivity index (χ3v) is 5.13. The van der Waals surface area contributed by atoms with E-state index in [4.69, 9.17) is 4.52 Å². The van der Waals surface area contributed by atoms with Gasteiger partial charge in [-0.25, -0.2) is 0 Å². The minimum Gasteiger partial charge on any atom is -0.352 e. The van der Waals surface area contributed by atoms with Gasteiger partial charge in [0.05, 0.1) is 6.04 Å². The molecule has 0 unspecified atom stereocenters. The summed E-state index contributed by atoms with van der Waals surface area (Å²) in [5.41, 5.74) is 0. The van der Waals surface area contributed by atoms with Crippen molar-refractivity contribution in [3.8, 4) is 0 Å². The Morgan fingerprint density at radius 1 is 1.30 bits per heavy atom. The molecule has 6 nitrogen and oxygen atoms in total. The highest BCUT2D eigenvalue weighted by molar-refractivity contribution is 5.79. The van der Waals surface area contributed by atoms with E-state index in [1.54, 1.807) is 0 Å². The molecule has 1 aliphatic heterocycles. The van der Waals surface area contributed by atoms with E-state index in [9.17, 15) is 4.79 Å². The second kappa shape index (κ2) is 6.99. The molecular formula is C17H28N4O2. The van der Waals surface area contributed by atoms with Crippen LogP contribution in [0.25, 0.3) is 0 Å². The fourth-order valence-corrected chi connectivity index (χ4v) is 3.69. The summed E-state index contributed by atoms with van der Waals surface area (Å²) in [6, 6.07) is 0.278. The number of hydrogen-bond acceptors (Lipinski definition) is 5. The Labute approximate surface area is 138 Å². The van der Waals surface area contributed by atoms with Gasteiger partial charge < -0.3 is 9.84 Å². The predicted molar refractivity (Wildman–Crippen MR) is 86.9 cm³/mol. The van der Waals surface area contributed by atoms with Gasteiger partial charge in [-0.15, -0.1) is 0 Å². The van der Waals surface area contributed by atoms with Crippen molar-refractivity contribution in [2.45, 2.75) is 70.4 Å². The Balaban J connectivity index is 1.58. The van der Waals surface area contributed by atoms with Crippen LogP contribution in [0.15, 0.2) is 4.52 Å². The fourth-order valence-electron chi connectivity index (χ4n) is 3.69. The molecule has 1 aliphatic carbocycles. The smallest absolute Gasteiger partial charge is 0.244 e. The summed E-state index contributed by atoms with van der Waals surface area (Å²) < 4.78 is 5.43. The summed E-state index contributed by atoms with van der Waals surface area (Å²) in [7, 11) is 2.05. The molecule has 2 atom stereocenters. The molecule has 2 heterocycles. The lowest BCUT2D eigenvalue weighted by molar-refractivity contribution is -0.126. The van der Waals surface area contributed by atoms with Crippen LogP contribution >= 0.6 is 0 Å². The van der Waals surface area contributed by atoms with E-state index in [0.717, 1.165) is 31.6 Å². The lowest BCUT2D eigenvalue weighted by Gasteiger charge is -2.22. The quantitative estimate of drug-likeness (QED) is 0.923. The van der Waals surface area contributed by atoms with Crippen LogP contribution in [0, 0.1) is 5.92 Å². The van der Waals surface area contributed by atoms with Crippen LogP contribution < -0.4 is 5.32 Å². The number of likely N-dealkylation sites (tertiary alicyclic amines) is 1. The summed E-state index contributed by atoms with van der Waals surface area (Å²) in [4.78, 5) is 19.1. The van der Waals surface area contributed by atoms with Crippen molar-refractivity contribution >= 4 is 5.91 Å². The van der Waals surface area contributed by atoms with Crippen LogP contribution in [0.3, 0.4) is 0 Å². The van der Waals surface area contributed by atoms with Gasteiger partial charge in [-0.3, -0.25) is 9.69 Å². The Kier molecular flexibility index (Phi) is 4.99. The van der Waals surface area contributed by atoms with E-state index in [2.05, 4.69) is 41.3 Å². The number of aromatic nitrogens is 2. The minimum atomic E-state index is 0.103.